The summed E-state index contributed by atoms with van der Waals surface area (Å²) in [5.41, 5.74) is 8.56. The van der Waals surface area contributed by atoms with Gasteiger partial charge in [-0.05, 0) is 54.4 Å². The number of aliphatic hydroxyl groups excluding tert-OH is 1. The van der Waals surface area contributed by atoms with Gasteiger partial charge in [0.25, 0.3) is 0 Å². The summed E-state index contributed by atoms with van der Waals surface area (Å²) in [7, 11) is 3.35. The van der Waals surface area contributed by atoms with Gasteiger partial charge >= 0.3 is 0 Å². The molecule has 0 radical (unpaired) electrons. The first-order valence-corrected chi connectivity index (χ1v) is 11.9. The van der Waals surface area contributed by atoms with Crippen molar-refractivity contribution in [1.82, 2.24) is 5.32 Å². The van der Waals surface area contributed by atoms with Crippen LogP contribution >= 0.6 is 0 Å². The fourth-order valence-corrected chi connectivity index (χ4v) is 3.85. The molecule has 0 aliphatic rings. The Morgan fingerprint density at radius 1 is 0.939 bits per heavy atom. The van der Waals surface area contributed by atoms with Gasteiger partial charge < -0.3 is 25.1 Å². The summed E-state index contributed by atoms with van der Waals surface area (Å²) in [6, 6.07) is 16.2. The molecular formula is C27H42N2O4. The van der Waals surface area contributed by atoms with Crippen LogP contribution in [0.3, 0.4) is 0 Å². The highest BCUT2D eigenvalue weighted by Gasteiger charge is 2.20. The Bertz CT molecular complexity index is 785. The van der Waals surface area contributed by atoms with Crippen LogP contribution in [-0.2, 0) is 17.7 Å². The van der Waals surface area contributed by atoms with Gasteiger partial charge in [0.1, 0.15) is 0 Å². The van der Waals surface area contributed by atoms with Crippen LogP contribution < -0.4 is 20.5 Å². The molecule has 0 spiro atoms. The highest BCUT2D eigenvalue weighted by molar-refractivity contribution is 5.43. The van der Waals surface area contributed by atoms with Crippen molar-refractivity contribution in [3.63, 3.8) is 0 Å². The van der Waals surface area contributed by atoms with Crippen molar-refractivity contribution in [3.05, 3.63) is 59.7 Å². The summed E-state index contributed by atoms with van der Waals surface area (Å²) in [5.74, 6) is 2.42. The number of nitrogens with two attached hydrogens (primary N) is 1. The van der Waals surface area contributed by atoms with Crippen LogP contribution in [0.1, 0.15) is 44.2 Å². The van der Waals surface area contributed by atoms with E-state index in [1.165, 1.54) is 5.56 Å². The third kappa shape index (κ3) is 9.72. The average Bonchev–Trinajstić information content (AvgIpc) is 2.83. The number of hydrogen-bond donors (Lipinski definition) is 3. The zero-order valence-corrected chi connectivity index (χ0v) is 20.6. The Kier molecular flexibility index (Phi) is 12.3. The zero-order valence-electron chi connectivity index (χ0n) is 20.6. The molecule has 2 rings (SSSR count). The minimum Gasteiger partial charge on any atom is -0.493 e. The Balaban J connectivity index is 1.90. The lowest BCUT2D eigenvalue weighted by Crippen LogP contribution is -2.46. The summed E-state index contributed by atoms with van der Waals surface area (Å²) in [6.07, 6.45) is 2.25. The molecule has 6 heteroatoms. The van der Waals surface area contributed by atoms with Crippen LogP contribution in [0.5, 0.6) is 11.5 Å². The quantitative estimate of drug-likeness (QED) is 0.259. The van der Waals surface area contributed by atoms with Crippen molar-refractivity contribution in [2.24, 2.45) is 17.6 Å². The SMILES string of the molecule is COCCCOc1cc(C[C@H](CC[C@H](O)[C@@H](N)NCc2ccccc2)C(C)C)ccc1OC. The van der Waals surface area contributed by atoms with E-state index in [-0.39, 0.29) is 0 Å². The van der Waals surface area contributed by atoms with Crippen molar-refractivity contribution in [1.29, 1.82) is 0 Å². The molecule has 0 aliphatic heterocycles. The van der Waals surface area contributed by atoms with Gasteiger partial charge in [0.2, 0.25) is 0 Å². The molecule has 0 unspecified atom stereocenters. The van der Waals surface area contributed by atoms with Crippen molar-refractivity contribution in [2.75, 3.05) is 27.4 Å². The fourth-order valence-electron chi connectivity index (χ4n) is 3.85. The van der Waals surface area contributed by atoms with E-state index < -0.39 is 12.3 Å². The van der Waals surface area contributed by atoms with Crippen molar-refractivity contribution in [3.8, 4) is 11.5 Å². The summed E-state index contributed by atoms with van der Waals surface area (Å²) < 4.78 is 16.5. The summed E-state index contributed by atoms with van der Waals surface area (Å²) in [6.45, 7) is 6.36. The molecule has 3 atom stereocenters. The van der Waals surface area contributed by atoms with E-state index in [9.17, 15) is 5.11 Å². The van der Waals surface area contributed by atoms with E-state index in [1.807, 2.05) is 36.4 Å². The fraction of sp³-hybridized carbons (Fsp3) is 0.556. The molecule has 0 aromatic heterocycles. The normalized spacial score (nSPS) is 14.2. The maximum atomic E-state index is 10.6. The largest absolute Gasteiger partial charge is 0.493 e. The lowest BCUT2D eigenvalue weighted by molar-refractivity contribution is 0.108. The Morgan fingerprint density at radius 2 is 1.70 bits per heavy atom. The first-order chi connectivity index (χ1) is 15.9. The van der Waals surface area contributed by atoms with E-state index in [0.29, 0.717) is 38.0 Å². The van der Waals surface area contributed by atoms with Gasteiger partial charge in [-0.1, -0.05) is 50.2 Å². The van der Waals surface area contributed by atoms with Crippen LogP contribution in [0.4, 0.5) is 0 Å². The van der Waals surface area contributed by atoms with Crippen LogP contribution in [0, 0.1) is 11.8 Å². The van der Waals surface area contributed by atoms with E-state index in [0.717, 1.165) is 36.3 Å². The first-order valence-electron chi connectivity index (χ1n) is 11.9. The molecule has 0 heterocycles. The van der Waals surface area contributed by atoms with E-state index in [1.54, 1.807) is 14.2 Å². The standard InChI is InChI=1S/C27H42N2O4/c1-20(2)23(12-13-24(30)27(28)29-19-21-9-6-5-7-10-21)17-22-11-14-25(32-4)26(18-22)33-16-8-15-31-3/h5-7,9-11,14,18,20,23-24,27,29-30H,8,12-13,15-17,19,28H2,1-4H3/t23-,24-,27-/m0/s1. The van der Waals surface area contributed by atoms with E-state index in [2.05, 4.69) is 31.3 Å². The monoisotopic (exact) mass is 458 g/mol. The van der Waals surface area contributed by atoms with Crippen LogP contribution in [0.25, 0.3) is 0 Å². The summed E-state index contributed by atoms with van der Waals surface area (Å²) in [4.78, 5) is 0. The zero-order chi connectivity index (χ0) is 24.1. The Morgan fingerprint density at radius 3 is 2.36 bits per heavy atom. The molecule has 0 aliphatic carbocycles. The Labute approximate surface area is 199 Å². The van der Waals surface area contributed by atoms with Crippen LogP contribution in [0.2, 0.25) is 0 Å². The van der Waals surface area contributed by atoms with Crippen molar-refractivity contribution in [2.45, 2.75) is 58.3 Å². The van der Waals surface area contributed by atoms with Crippen molar-refractivity contribution < 1.29 is 19.3 Å². The minimum absolute atomic E-state index is 0.427. The second kappa shape index (κ2) is 14.9. The molecule has 0 saturated carbocycles. The van der Waals surface area contributed by atoms with E-state index >= 15 is 0 Å². The van der Waals surface area contributed by atoms with Gasteiger partial charge in [-0.2, -0.15) is 0 Å². The molecule has 2 aromatic rings. The lowest BCUT2D eigenvalue weighted by atomic mass is 9.84. The summed E-state index contributed by atoms with van der Waals surface area (Å²) >= 11 is 0. The third-order valence-electron chi connectivity index (χ3n) is 6.05. The smallest absolute Gasteiger partial charge is 0.161 e. The lowest BCUT2D eigenvalue weighted by Gasteiger charge is -2.25. The third-order valence-corrected chi connectivity index (χ3v) is 6.05. The predicted molar refractivity (Wildman–Crippen MR) is 134 cm³/mol. The number of rotatable bonds is 16. The van der Waals surface area contributed by atoms with Gasteiger partial charge in [-0.25, -0.2) is 0 Å². The summed E-state index contributed by atoms with van der Waals surface area (Å²) in [5, 5.41) is 13.8. The predicted octanol–water partition coefficient (Wildman–Crippen LogP) is 4.14. The van der Waals surface area contributed by atoms with Gasteiger partial charge in [0.15, 0.2) is 11.5 Å². The molecule has 0 bridgehead atoms. The molecular weight excluding hydrogens is 416 g/mol. The molecule has 0 fully saturated rings. The van der Waals surface area contributed by atoms with Gasteiger partial charge in [-0.15, -0.1) is 0 Å². The van der Waals surface area contributed by atoms with Gasteiger partial charge in [0.05, 0.1) is 26.0 Å². The molecule has 184 valence electrons. The van der Waals surface area contributed by atoms with Gasteiger partial charge in [0, 0.05) is 26.7 Å². The van der Waals surface area contributed by atoms with Crippen molar-refractivity contribution >= 4 is 0 Å². The van der Waals surface area contributed by atoms with E-state index in [4.69, 9.17) is 19.9 Å². The number of methoxy groups -OCH3 is 2. The number of ether oxygens (including phenoxy) is 3. The molecule has 2 aromatic carbocycles. The number of hydrogen-bond acceptors (Lipinski definition) is 6. The second-order valence-corrected chi connectivity index (χ2v) is 8.93. The molecule has 33 heavy (non-hydrogen) atoms. The number of nitrogens with one attached hydrogen (secondary N) is 1. The van der Waals surface area contributed by atoms with Gasteiger partial charge in [-0.3, -0.25) is 5.32 Å². The number of benzene rings is 2. The highest BCUT2D eigenvalue weighted by atomic mass is 16.5. The topological polar surface area (TPSA) is 86.0 Å². The first kappa shape index (κ1) is 27.1. The maximum absolute atomic E-state index is 10.6. The Hall–Kier alpha value is -2.12. The number of aliphatic hydroxyl groups is 1. The minimum atomic E-state index is -0.592. The van der Waals surface area contributed by atoms with Crippen LogP contribution in [-0.4, -0.2) is 44.8 Å². The van der Waals surface area contributed by atoms with Crippen LogP contribution in [0.15, 0.2) is 48.5 Å². The average molecular weight is 459 g/mol. The molecule has 4 N–H and O–H groups in total. The molecule has 0 amide bonds. The maximum Gasteiger partial charge on any atom is 0.161 e. The highest BCUT2D eigenvalue weighted by Crippen LogP contribution is 2.31. The second-order valence-electron chi connectivity index (χ2n) is 8.93. The molecule has 6 nitrogen and oxygen atoms in total. The molecule has 0 saturated heterocycles.